The Morgan fingerprint density at radius 1 is 1.07 bits per heavy atom. The monoisotopic (exact) mass is 399 g/mol. The molecule has 1 unspecified atom stereocenters. The van der Waals surface area contributed by atoms with Gasteiger partial charge in [-0.05, 0) is 43.2 Å². The fourth-order valence-electron chi connectivity index (χ4n) is 3.51. The van der Waals surface area contributed by atoms with Crippen LogP contribution in [0.2, 0.25) is 0 Å². The Labute approximate surface area is 169 Å². The zero-order valence-corrected chi connectivity index (χ0v) is 17.4. The number of carbonyl (C=O) groups excluding carboxylic acids is 1. The number of anilines is 2. The summed E-state index contributed by atoms with van der Waals surface area (Å²) in [7, 11) is 0. The Kier molecular flexibility index (Phi) is 5.66. The lowest BCUT2D eigenvalue weighted by atomic mass is 10.1. The number of hydrogen-bond donors (Lipinski definition) is 1. The third-order valence-corrected chi connectivity index (χ3v) is 7.46. The molecule has 0 radical (unpaired) electrons. The summed E-state index contributed by atoms with van der Waals surface area (Å²) in [6.07, 6.45) is 1.04. The minimum Gasteiger partial charge on any atom is -0.354 e. The Balaban J connectivity index is 1.43. The Bertz CT molecular complexity index is 842. The van der Waals surface area contributed by atoms with Crippen molar-refractivity contribution in [3.8, 4) is 0 Å². The molecule has 1 amide bonds. The smallest absolute Gasteiger partial charge is 0.219 e. The summed E-state index contributed by atoms with van der Waals surface area (Å²) in [5.41, 5.74) is 3.71. The van der Waals surface area contributed by atoms with Gasteiger partial charge >= 0.3 is 0 Å². The van der Waals surface area contributed by atoms with Crippen LogP contribution < -0.4 is 5.32 Å². The molecule has 6 heteroatoms. The summed E-state index contributed by atoms with van der Waals surface area (Å²) in [5.74, 6) is 0.188. The number of nitrogens with one attached hydrogen (secondary N) is 1. The van der Waals surface area contributed by atoms with Crippen LogP contribution in [0, 0.1) is 0 Å². The second kappa shape index (κ2) is 8.17. The lowest BCUT2D eigenvalue weighted by molar-refractivity contribution is -0.128. The van der Waals surface area contributed by atoms with E-state index < -0.39 is 0 Å². The van der Waals surface area contributed by atoms with Crippen LogP contribution in [-0.2, 0) is 4.79 Å². The lowest BCUT2D eigenvalue weighted by Crippen LogP contribution is -2.32. The van der Waals surface area contributed by atoms with Crippen LogP contribution >= 0.6 is 23.7 Å². The van der Waals surface area contributed by atoms with Crippen molar-refractivity contribution in [2.75, 3.05) is 31.5 Å². The van der Waals surface area contributed by atoms with E-state index in [1.165, 1.54) is 26.7 Å². The van der Waals surface area contributed by atoms with Gasteiger partial charge < -0.3 is 10.2 Å². The summed E-state index contributed by atoms with van der Waals surface area (Å²) in [4.78, 5) is 16.1. The quantitative estimate of drug-likeness (QED) is 0.616. The van der Waals surface area contributed by atoms with Gasteiger partial charge in [-0.25, -0.2) is 4.31 Å². The maximum Gasteiger partial charge on any atom is 0.219 e. The standard InChI is InChI=1S/C21H25N3OS2/c1-15(27-24-11-5-10-23(12-13-24)16(2)25)17-8-9-21-19(14-17)22-18-6-3-4-7-20(18)26-21/h3-4,6-9,14-15,22H,5,10-13H2,1-2H3. The lowest BCUT2D eigenvalue weighted by Gasteiger charge is -2.25. The van der Waals surface area contributed by atoms with Crippen molar-refractivity contribution in [2.24, 2.45) is 0 Å². The van der Waals surface area contributed by atoms with Crippen molar-refractivity contribution < 1.29 is 4.79 Å². The van der Waals surface area contributed by atoms with Crippen molar-refractivity contribution in [3.05, 3.63) is 48.0 Å². The Morgan fingerprint density at radius 2 is 1.89 bits per heavy atom. The van der Waals surface area contributed by atoms with Gasteiger partial charge in [0.1, 0.15) is 0 Å². The molecule has 1 fully saturated rings. The predicted molar refractivity (Wildman–Crippen MR) is 115 cm³/mol. The molecule has 1 atom stereocenters. The normalized spacial score (nSPS) is 18.1. The van der Waals surface area contributed by atoms with Crippen LogP contribution in [0.5, 0.6) is 0 Å². The summed E-state index contributed by atoms with van der Waals surface area (Å²) in [5, 5.41) is 3.96. The van der Waals surface area contributed by atoms with Crippen molar-refractivity contribution >= 4 is 41.0 Å². The molecule has 0 aliphatic carbocycles. The number of benzene rings is 2. The molecule has 2 aromatic rings. The third kappa shape index (κ3) is 4.28. The van der Waals surface area contributed by atoms with Crippen molar-refractivity contribution in [2.45, 2.75) is 35.3 Å². The highest BCUT2D eigenvalue weighted by molar-refractivity contribution is 7.99. The first-order valence-corrected chi connectivity index (χ1v) is 11.1. The number of rotatable bonds is 3. The van der Waals surface area contributed by atoms with E-state index in [0.717, 1.165) is 32.6 Å². The van der Waals surface area contributed by atoms with Gasteiger partial charge in [0.25, 0.3) is 0 Å². The van der Waals surface area contributed by atoms with Gasteiger partial charge in [-0.15, -0.1) is 0 Å². The zero-order valence-electron chi connectivity index (χ0n) is 15.8. The van der Waals surface area contributed by atoms with Crippen molar-refractivity contribution in [1.29, 1.82) is 0 Å². The second-order valence-corrected chi connectivity index (χ2v) is 9.53. The molecule has 0 aromatic heterocycles. The van der Waals surface area contributed by atoms with E-state index in [0.29, 0.717) is 5.25 Å². The van der Waals surface area contributed by atoms with E-state index in [2.05, 4.69) is 59.0 Å². The Hall–Kier alpha value is -1.63. The van der Waals surface area contributed by atoms with Gasteiger partial charge in [0.05, 0.1) is 11.4 Å². The highest BCUT2D eigenvalue weighted by Crippen LogP contribution is 2.45. The minimum atomic E-state index is 0.188. The fraction of sp³-hybridized carbons (Fsp3) is 0.381. The third-order valence-electron chi connectivity index (χ3n) is 5.06. The molecule has 0 saturated carbocycles. The molecule has 1 saturated heterocycles. The number of nitrogens with zero attached hydrogens (tertiary/aromatic N) is 2. The summed E-state index contributed by atoms with van der Waals surface area (Å²) in [6.45, 7) is 7.60. The van der Waals surface area contributed by atoms with Crippen LogP contribution in [0.1, 0.15) is 31.1 Å². The average molecular weight is 400 g/mol. The molecule has 1 N–H and O–H groups in total. The molecule has 4 rings (SSSR count). The summed E-state index contributed by atoms with van der Waals surface area (Å²) in [6, 6.07) is 15.2. The van der Waals surface area contributed by atoms with Crippen LogP contribution in [0.3, 0.4) is 0 Å². The molecule has 2 aliphatic heterocycles. The molecule has 2 aliphatic rings. The van der Waals surface area contributed by atoms with E-state index in [9.17, 15) is 4.79 Å². The van der Waals surface area contributed by atoms with E-state index >= 15 is 0 Å². The van der Waals surface area contributed by atoms with Crippen LogP contribution in [0.25, 0.3) is 0 Å². The maximum atomic E-state index is 11.6. The van der Waals surface area contributed by atoms with E-state index in [1.807, 2.05) is 28.6 Å². The van der Waals surface area contributed by atoms with E-state index in [-0.39, 0.29) is 5.91 Å². The molecular formula is C21H25N3OS2. The van der Waals surface area contributed by atoms with Crippen molar-refractivity contribution in [3.63, 3.8) is 0 Å². The average Bonchev–Trinajstić information content (AvgIpc) is 2.91. The summed E-state index contributed by atoms with van der Waals surface area (Å²) >= 11 is 3.72. The topological polar surface area (TPSA) is 35.6 Å². The van der Waals surface area contributed by atoms with Gasteiger partial charge in [0, 0.05) is 48.1 Å². The molecule has 142 valence electrons. The maximum absolute atomic E-state index is 11.6. The number of para-hydroxylation sites is 1. The second-order valence-electron chi connectivity index (χ2n) is 7.02. The zero-order chi connectivity index (χ0) is 18.8. The summed E-state index contributed by atoms with van der Waals surface area (Å²) < 4.78 is 2.42. The van der Waals surface area contributed by atoms with Crippen molar-refractivity contribution in [1.82, 2.24) is 9.21 Å². The SMILES string of the molecule is CC(=O)N1CCCN(SC(C)c2ccc3c(c2)Nc2ccccc2S3)CC1. The highest BCUT2D eigenvalue weighted by atomic mass is 32.2. The number of hydrogen-bond acceptors (Lipinski definition) is 5. The highest BCUT2D eigenvalue weighted by Gasteiger charge is 2.21. The van der Waals surface area contributed by atoms with Gasteiger partial charge in [0.15, 0.2) is 0 Å². The van der Waals surface area contributed by atoms with E-state index in [4.69, 9.17) is 0 Å². The Morgan fingerprint density at radius 3 is 2.74 bits per heavy atom. The first kappa shape index (κ1) is 18.7. The van der Waals surface area contributed by atoms with Crippen LogP contribution in [0.15, 0.2) is 52.3 Å². The first-order chi connectivity index (χ1) is 13.1. The molecular weight excluding hydrogens is 374 g/mol. The van der Waals surface area contributed by atoms with Gasteiger partial charge in [-0.2, -0.15) is 0 Å². The van der Waals surface area contributed by atoms with Gasteiger partial charge in [-0.3, -0.25) is 4.79 Å². The molecule has 0 bridgehead atoms. The molecule has 2 aromatic carbocycles. The van der Waals surface area contributed by atoms with E-state index in [1.54, 1.807) is 6.92 Å². The molecule has 2 heterocycles. The van der Waals surface area contributed by atoms with Crippen LogP contribution in [-0.4, -0.2) is 41.3 Å². The number of carbonyl (C=O) groups is 1. The predicted octanol–water partition coefficient (Wildman–Crippen LogP) is 5.16. The number of fused-ring (bicyclic) bond motifs is 2. The van der Waals surface area contributed by atoms with Gasteiger partial charge in [0.2, 0.25) is 5.91 Å². The molecule has 4 nitrogen and oxygen atoms in total. The van der Waals surface area contributed by atoms with Gasteiger partial charge in [-0.1, -0.05) is 41.9 Å². The molecule has 0 spiro atoms. The fourth-order valence-corrected chi connectivity index (χ4v) is 5.61. The number of amides is 1. The first-order valence-electron chi connectivity index (χ1n) is 9.45. The largest absolute Gasteiger partial charge is 0.354 e. The molecule has 27 heavy (non-hydrogen) atoms. The minimum absolute atomic E-state index is 0.188. The van der Waals surface area contributed by atoms with Crippen LogP contribution in [0.4, 0.5) is 11.4 Å².